The van der Waals surface area contributed by atoms with Crippen LogP contribution in [0.15, 0.2) is 18.3 Å². The van der Waals surface area contributed by atoms with Crippen LogP contribution in [0.25, 0.3) is 0 Å². The highest BCUT2D eigenvalue weighted by Gasteiger charge is 2.42. The van der Waals surface area contributed by atoms with Gasteiger partial charge in [0.15, 0.2) is 0 Å². The van der Waals surface area contributed by atoms with Gasteiger partial charge in [-0.2, -0.15) is 13.2 Å². The number of likely N-dealkylation sites (tertiary alicyclic amines) is 1. The molecule has 0 bridgehead atoms. The number of hydrogen-bond acceptors (Lipinski definition) is 2. The van der Waals surface area contributed by atoms with Crippen LogP contribution in [0.1, 0.15) is 28.9 Å². The number of aromatic nitrogens is 1. The molecule has 0 N–H and O–H groups in total. The Hall–Kier alpha value is -1.59. The van der Waals surface area contributed by atoms with Gasteiger partial charge in [0.2, 0.25) is 0 Å². The Morgan fingerprint density at radius 1 is 1.42 bits per heavy atom. The maximum Gasteiger partial charge on any atom is 0.393 e. The molecule has 0 radical (unpaired) electrons. The number of carbonyl (C=O) groups excluding carboxylic acids is 1. The molecule has 1 saturated heterocycles. The number of alkyl halides is 3. The molecule has 1 amide bonds. The molecular formula is C13H15F3N2O. The minimum absolute atomic E-state index is 0.0967. The third-order valence-corrected chi connectivity index (χ3v) is 3.33. The molecule has 19 heavy (non-hydrogen) atoms. The van der Waals surface area contributed by atoms with Gasteiger partial charge in [0.25, 0.3) is 5.91 Å². The van der Waals surface area contributed by atoms with Gasteiger partial charge in [0.1, 0.15) is 0 Å². The third-order valence-electron chi connectivity index (χ3n) is 3.33. The second-order valence-electron chi connectivity index (χ2n) is 4.82. The molecule has 0 aliphatic carbocycles. The summed E-state index contributed by atoms with van der Waals surface area (Å²) in [6.07, 6.45) is -2.34. The Balaban J connectivity index is 2.09. The molecule has 0 unspecified atom stereocenters. The molecule has 1 fully saturated rings. The zero-order chi connectivity index (χ0) is 14.0. The number of carbonyl (C=O) groups is 1. The summed E-state index contributed by atoms with van der Waals surface area (Å²) in [7, 11) is 0. The molecule has 0 spiro atoms. The number of halogens is 3. The first-order chi connectivity index (χ1) is 8.88. The van der Waals surface area contributed by atoms with E-state index >= 15 is 0 Å². The van der Waals surface area contributed by atoms with Crippen molar-refractivity contribution in [2.45, 2.75) is 25.9 Å². The van der Waals surface area contributed by atoms with Gasteiger partial charge in [-0.15, -0.1) is 0 Å². The van der Waals surface area contributed by atoms with Crippen molar-refractivity contribution in [1.29, 1.82) is 0 Å². The molecule has 104 valence electrons. The Kier molecular flexibility index (Phi) is 3.78. The minimum Gasteiger partial charge on any atom is -0.338 e. The first-order valence-electron chi connectivity index (χ1n) is 6.16. The van der Waals surface area contributed by atoms with Crippen molar-refractivity contribution >= 4 is 5.91 Å². The lowest BCUT2D eigenvalue weighted by Crippen LogP contribution is -2.44. The number of amides is 1. The fourth-order valence-electron chi connectivity index (χ4n) is 2.21. The second-order valence-corrected chi connectivity index (χ2v) is 4.82. The van der Waals surface area contributed by atoms with E-state index in [1.165, 1.54) is 11.1 Å². The van der Waals surface area contributed by atoms with Crippen LogP contribution in [-0.4, -0.2) is 35.1 Å². The summed E-state index contributed by atoms with van der Waals surface area (Å²) >= 11 is 0. The number of pyridine rings is 1. The Morgan fingerprint density at radius 3 is 2.74 bits per heavy atom. The molecule has 0 saturated carbocycles. The summed E-state index contributed by atoms with van der Waals surface area (Å²) < 4.78 is 38.0. The second kappa shape index (κ2) is 5.19. The summed E-state index contributed by atoms with van der Waals surface area (Å²) in [5.74, 6) is -1.79. The molecule has 6 heteroatoms. The van der Waals surface area contributed by atoms with Gasteiger partial charge >= 0.3 is 6.18 Å². The number of piperidine rings is 1. The average molecular weight is 272 g/mol. The molecule has 2 heterocycles. The smallest absolute Gasteiger partial charge is 0.338 e. The summed E-state index contributed by atoms with van der Waals surface area (Å²) in [4.78, 5) is 17.4. The van der Waals surface area contributed by atoms with E-state index in [-0.39, 0.29) is 18.9 Å². The number of rotatable bonds is 1. The average Bonchev–Trinajstić information content (AvgIpc) is 2.38. The van der Waals surface area contributed by atoms with Crippen LogP contribution in [0.5, 0.6) is 0 Å². The van der Waals surface area contributed by atoms with Crippen LogP contribution >= 0.6 is 0 Å². The summed E-state index contributed by atoms with van der Waals surface area (Å²) in [5.41, 5.74) is 1.11. The normalized spacial score (nSPS) is 20.4. The number of aryl methyl sites for hydroxylation is 1. The van der Waals surface area contributed by atoms with Crippen LogP contribution in [0.4, 0.5) is 13.2 Å². The molecule has 1 aromatic rings. The van der Waals surface area contributed by atoms with Crippen LogP contribution < -0.4 is 0 Å². The highest BCUT2D eigenvalue weighted by molar-refractivity contribution is 5.94. The van der Waals surface area contributed by atoms with E-state index < -0.39 is 12.1 Å². The van der Waals surface area contributed by atoms with Crippen LogP contribution in [0, 0.1) is 12.8 Å². The van der Waals surface area contributed by atoms with Gasteiger partial charge in [0, 0.05) is 25.0 Å². The lowest BCUT2D eigenvalue weighted by Gasteiger charge is -2.33. The van der Waals surface area contributed by atoms with Gasteiger partial charge < -0.3 is 4.90 Å². The van der Waals surface area contributed by atoms with Gasteiger partial charge in [-0.25, -0.2) is 0 Å². The van der Waals surface area contributed by atoms with Crippen LogP contribution in [0.3, 0.4) is 0 Å². The summed E-state index contributed by atoms with van der Waals surface area (Å²) in [6.45, 7) is 1.91. The van der Waals surface area contributed by atoms with Crippen LogP contribution in [-0.2, 0) is 0 Å². The van der Waals surface area contributed by atoms with Crippen LogP contribution in [0.2, 0.25) is 0 Å². The van der Waals surface area contributed by atoms with Crippen molar-refractivity contribution < 1.29 is 18.0 Å². The first-order valence-corrected chi connectivity index (χ1v) is 6.16. The fourth-order valence-corrected chi connectivity index (χ4v) is 2.21. The molecule has 0 aromatic carbocycles. The Labute approximate surface area is 109 Å². The van der Waals surface area contributed by atoms with E-state index in [2.05, 4.69) is 4.98 Å². The predicted molar refractivity (Wildman–Crippen MR) is 63.7 cm³/mol. The third kappa shape index (κ3) is 3.24. The maximum atomic E-state index is 12.7. The van der Waals surface area contributed by atoms with Gasteiger partial charge in [0.05, 0.1) is 11.5 Å². The number of hydrogen-bond donors (Lipinski definition) is 0. The molecule has 1 aliphatic heterocycles. The topological polar surface area (TPSA) is 33.2 Å². The molecular weight excluding hydrogens is 257 g/mol. The van der Waals surface area contributed by atoms with Crippen molar-refractivity contribution in [1.82, 2.24) is 9.88 Å². The highest BCUT2D eigenvalue weighted by Crippen LogP contribution is 2.33. The lowest BCUT2D eigenvalue weighted by molar-refractivity contribution is -0.184. The molecule has 1 aliphatic rings. The maximum absolute atomic E-state index is 12.7. The first kappa shape index (κ1) is 13.8. The monoisotopic (exact) mass is 272 g/mol. The van der Waals surface area contributed by atoms with Gasteiger partial charge in [-0.1, -0.05) is 0 Å². The van der Waals surface area contributed by atoms with E-state index in [1.54, 1.807) is 19.1 Å². The van der Waals surface area contributed by atoms with Gasteiger partial charge in [-0.05, 0) is 31.9 Å². The van der Waals surface area contributed by atoms with Crippen molar-refractivity contribution in [2.75, 3.05) is 13.1 Å². The quantitative estimate of drug-likeness (QED) is 0.787. The zero-order valence-electron chi connectivity index (χ0n) is 10.6. The fraction of sp³-hybridized carbons (Fsp3) is 0.538. The zero-order valence-corrected chi connectivity index (χ0v) is 10.6. The van der Waals surface area contributed by atoms with E-state index in [1.807, 2.05) is 0 Å². The van der Waals surface area contributed by atoms with Crippen molar-refractivity contribution in [2.24, 2.45) is 5.92 Å². The van der Waals surface area contributed by atoms with E-state index in [0.717, 1.165) is 5.69 Å². The Bertz CT molecular complexity index is 456. The predicted octanol–water partition coefficient (Wildman–Crippen LogP) is 2.80. The van der Waals surface area contributed by atoms with Crippen molar-refractivity contribution in [3.8, 4) is 0 Å². The Morgan fingerprint density at radius 2 is 2.16 bits per heavy atom. The summed E-state index contributed by atoms with van der Waals surface area (Å²) in [6, 6.07) is 3.28. The standard InChI is InChI=1S/C13H15F3N2O/c1-9-4-5-10(7-17-9)12(19)18-6-2-3-11(8-18)13(14,15)16/h4-5,7,11H,2-3,6,8H2,1H3/t11-/m0/s1. The largest absolute Gasteiger partial charge is 0.393 e. The van der Waals surface area contributed by atoms with E-state index in [0.29, 0.717) is 18.5 Å². The molecule has 1 aromatic heterocycles. The molecule has 1 atom stereocenters. The van der Waals surface area contributed by atoms with Crippen molar-refractivity contribution in [3.05, 3.63) is 29.6 Å². The number of nitrogens with zero attached hydrogens (tertiary/aromatic N) is 2. The van der Waals surface area contributed by atoms with Gasteiger partial charge in [-0.3, -0.25) is 9.78 Å². The highest BCUT2D eigenvalue weighted by atomic mass is 19.4. The van der Waals surface area contributed by atoms with E-state index in [4.69, 9.17) is 0 Å². The summed E-state index contributed by atoms with van der Waals surface area (Å²) in [5, 5.41) is 0. The van der Waals surface area contributed by atoms with Crippen molar-refractivity contribution in [3.63, 3.8) is 0 Å². The SMILES string of the molecule is Cc1ccc(C(=O)N2CCC[C@H](C(F)(F)F)C2)cn1. The molecule has 2 rings (SSSR count). The molecule has 3 nitrogen and oxygen atoms in total. The van der Waals surface area contributed by atoms with E-state index in [9.17, 15) is 18.0 Å². The lowest BCUT2D eigenvalue weighted by atomic mass is 9.97. The minimum atomic E-state index is -4.23.